The summed E-state index contributed by atoms with van der Waals surface area (Å²) in [6.45, 7) is 3.12. The van der Waals surface area contributed by atoms with Crippen molar-refractivity contribution in [2.24, 2.45) is 5.92 Å². The van der Waals surface area contributed by atoms with E-state index in [0.717, 1.165) is 29.0 Å². The number of rotatable bonds is 5. The summed E-state index contributed by atoms with van der Waals surface area (Å²) in [5.74, 6) is 1.58. The lowest BCUT2D eigenvalue weighted by atomic mass is 10.00. The van der Waals surface area contributed by atoms with Crippen LogP contribution in [0.4, 0.5) is 0 Å². The van der Waals surface area contributed by atoms with Gasteiger partial charge in [0, 0.05) is 24.2 Å². The fourth-order valence-electron chi connectivity index (χ4n) is 3.02. The summed E-state index contributed by atoms with van der Waals surface area (Å²) < 4.78 is 7.50. The molecule has 3 rings (SSSR count). The van der Waals surface area contributed by atoms with Gasteiger partial charge in [-0.05, 0) is 25.7 Å². The van der Waals surface area contributed by atoms with Crippen molar-refractivity contribution in [1.29, 1.82) is 0 Å². The van der Waals surface area contributed by atoms with Gasteiger partial charge in [-0.1, -0.05) is 12.8 Å². The lowest BCUT2D eigenvalue weighted by molar-refractivity contribution is 0.365. The topological polar surface area (TPSA) is 38.6 Å². The molecule has 2 heterocycles. The van der Waals surface area contributed by atoms with Gasteiger partial charge in [0.25, 0.3) is 0 Å². The van der Waals surface area contributed by atoms with Crippen LogP contribution in [0.25, 0.3) is 4.96 Å². The van der Waals surface area contributed by atoms with Crippen LogP contribution in [-0.2, 0) is 6.54 Å². The van der Waals surface area contributed by atoms with E-state index in [0.29, 0.717) is 6.04 Å². The van der Waals surface area contributed by atoms with E-state index in [1.807, 2.05) is 0 Å². The third-order valence-electron chi connectivity index (χ3n) is 4.22. The van der Waals surface area contributed by atoms with Crippen molar-refractivity contribution in [3.05, 3.63) is 17.3 Å². The van der Waals surface area contributed by atoms with E-state index in [-0.39, 0.29) is 0 Å². The fourth-order valence-corrected chi connectivity index (χ4v) is 3.74. The van der Waals surface area contributed by atoms with Gasteiger partial charge in [-0.15, -0.1) is 11.3 Å². The molecule has 2 aromatic rings. The quantitative estimate of drug-likeness (QED) is 0.914. The summed E-state index contributed by atoms with van der Waals surface area (Å²) >= 11 is 1.64. The number of thiazole rings is 1. The highest BCUT2D eigenvalue weighted by Crippen LogP contribution is 2.28. The van der Waals surface area contributed by atoms with Gasteiger partial charge in [0.2, 0.25) is 5.88 Å². The molecule has 0 spiro atoms. The van der Waals surface area contributed by atoms with Crippen molar-refractivity contribution in [2.45, 2.75) is 45.2 Å². The average Bonchev–Trinajstić information content (AvgIpc) is 3.12. The molecule has 1 atom stereocenters. The van der Waals surface area contributed by atoms with E-state index in [4.69, 9.17) is 4.74 Å². The second-order valence-electron chi connectivity index (χ2n) is 5.34. The predicted octanol–water partition coefficient (Wildman–Crippen LogP) is 3.07. The minimum atomic E-state index is 0.566. The number of aromatic nitrogens is 2. The van der Waals surface area contributed by atoms with Crippen molar-refractivity contribution in [1.82, 2.24) is 14.7 Å². The van der Waals surface area contributed by atoms with Gasteiger partial charge in [0.1, 0.15) is 5.69 Å². The minimum absolute atomic E-state index is 0.566. The van der Waals surface area contributed by atoms with Crippen molar-refractivity contribution in [3.8, 4) is 5.88 Å². The van der Waals surface area contributed by atoms with Crippen molar-refractivity contribution < 1.29 is 4.74 Å². The fraction of sp³-hybridized carbons (Fsp3) is 0.643. The number of imidazole rings is 1. The van der Waals surface area contributed by atoms with Gasteiger partial charge < -0.3 is 10.1 Å². The number of nitrogens with zero attached hydrogens (tertiary/aromatic N) is 2. The number of nitrogens with one attached hydrogen (secondary N) is 1. The molecule has 1 N–H and O–H groups in total. The zero-order chi connectivity index (χ0) is 13.2. The third-order valence-corrected chi connectivity index (χ3v) is 4.97. The van der Waals surface area contributed by atoms with Crippen LogP contribution in [0.2, 0.25) is 0 Å². The van der Waals surface area contributed by atoms with Gasteiger partial charge in [-0.25, -0.2) is 0 Å². The van der Waals surface area contributed by atoms with Crippen LogP contribution in [0.5, 0.6) is 5.88 Å². The van der Waals surface area contributed by atoms with Crippen molar-refractivity contribution >= 4 is 16.3 Å². The Bertz CT molecular complexity index is 542. The van der Waals surface area contributed by atoms with E-state index >= 15 is 0 Å². The zero-order valence-electron chi connectivity index (χ0n) is 11.6. The van der Waals surface area contributed by atoms with Crippen LogP contribution in [0.3, 0.4) is 0 Å². The van der Waals surface area contributed by atoms with Gasteiger partial charge in [0.15, 0.2) is 4.96 Å². The molecule has 1 aliphatic rings. The predicted molar refractivity (Wildman–Crippen MR) is 77.9 cm³/mol. The van der Waals surface area contributed by atoms with Crippen LogP contribution in [0.15, 0.2) is 11.6 Å². The number of hydrogen-bond acceptors (Lipinski definition) is 4. The monoisotopic (exact) mass is 279 g/mol. The molecule has 1 saturated carbocycles. The minimum Gasteiger partial charge on any atom is -0.480 e. The summed E-state index contributed by atoms with van der Waals surface area (Å²) in [7, 11) is 1.69. The molecule has 104 valence electrons. The van der Waals surface area contributed by atoms with E-state index in [2.05, 4.69) is 33.2 Å². The molecule has 19 heavy (non-hydrogen) atoms. The summed E-state index contributed by atoms with van der Waals surface area (Å²) in [6, 6.07) is 0.566. The molecular formula is C14H21N3OS. The van der Waals surface area contributed by atoms with Gasteiger partial charge in [-0.3, -0.25) is 4.40 Å². The molecule has 0 unspecified atom stereocenters. The van der Waals surface area contributed by atoms with Gasteiger partial charge in [0.05, 0.1) is 7.11 Å². The van der Waals surface area contributed by atoms with Crippen LogP contribution >= 0.6 is 11.3 Å². The SMILES string of the molecule is COc1nc2sccn2c1CN[C@@H](C)C1CCCC1. The zero-order valence-corrected chi connectivity index (χ0v) is 12.4. The molecule has 0 aromatic carbocycles. The van der Waals surface area contributed by atoms with E-state index < -0.39 is 0 Å². The maximum Gasteiger partial charge on any atom is 0.237 e. The second kappa shape index (κ2) is 5.51. The number of ether oxygens (including phenoxy) is 1. The number of hydrogen-bond donors (Lipinski definition) is 1. The highest BCUT2D eigenvalue weighted by atomic mass is 32.1. The first-order valence-corrected chi connectivity index (χ1v) is 7.89. The van der Waals surface area contributed by atoms with Gasteiger partial charge in [-0.2, -0.15) is 4.98 Å². The van der Waals surface area contributed by atoms with Crippen LogP contribution in [0.1, 0.15) is 38.3 Å². The van der Waals surface area contributed by atoms with Gasteiger partial charge >= 0.3 is 0 Å². The highest BCUT2D eigenvalue weighted by molar-refractivity contribution is 7.15. The first-order chi connectivity index (χ1) is 9.29. The van der Waals surface area contributed by atoms with Crippen LogP contribution in [0, 0.1) is 5.92 Å². The third kappa shape index (κ3) is 2.49. The molecular weight excluding hydrogens is 258 g/mol. The Morgan fingerprint density at radius 3 is 3.05 bits per heavy atom. The van der Waals surface area contributed by atoms with Crippen molar-refractivity contribution in [2.75, 3.05) is 7.11 Å². The summed E-state index contributed by atoms with van der Waals surface area (Å²) in [5, 5.41) is 5.71. The molecule has 2 aromatic heterocycles. The molecule has 0 radical (unpaired) electrons. The average molecular weight is 279 g/mol. The largest absolute Gasteiger partial charge is 0.480 e. The molecule has 0 aliphatic heterocycles. The highest BCUT2D eigenvalue weighted by Gasteiger charge is 2.22. The molecule has 4 nitrogen and oxygen atoms in total. The van der Waals surface area contributed by atoms with Crippen LogP contribution in [-0.4, -0.2) is 22.5 Å². The molecule has 0 amide bonds. The molecule has 1 aliphatic carbocycles. The Kier molecular flexibility index (Phi) is 3.75. The van der Waals surface area contributed by atoms with Crippen molar-refractivity contribution in [3.63, 3.8) is 0 Å². The van der Waals surface area contributed by atoms with E-state index in [9.17, 15) is 0 Å². The Morgan fingerprint density at radius 1 is 1.53 bits per heavy atom. The Balaban J connectivity index is 1.71. The lowest BCUT2D eigenvalue weighted by Crippen LogP contribution is -2.32. The maximum atomic E-state index is 5.38. The summed E-state index contributed by atoms with van der Waals surface area (Å²) in [6.07, 6.45) is 7.58. The Labute approximate surface area is 117 Å². The Morgan fingerprint density at radius 2 is 2.32 bits per heavy atom. The van der Waals surface area contributed by atoms with E-state index in [1.54, 1.807) is 18.4 Å². The number of methoxy groups -OCH3 is 1. The first-order valence-electron chi connectivity index (χ1n) is 7.01. The summed E-state index contributed by atoms with van der Waals surface area (Å²) in [4.78, 5) is 5.49. The molecule has 1 fully saturated rings. The Hall–Kier alpha value is -1.07. The summed E-state index contributed by atoms with van der Waals surface area (Å²) in [5.41, 5.74) is 1.13. The van der Waals surface area contributed by atoms with E-state index in [1.165, 1.54) is 25.7 Å². The molecule has 0 bridgehead atoms. The van der Waals surface area contributed by atoms with Crippen LogP contribution < -0.4 is 10.1 Å². The lowest BCUT2D eigenvalue weighted by Gasteiger charge is -2.20. The molecule has 5 heteroatoms. The second-order valence-corrected chi connectivity index (χ2v) is 6.21. The smallest absolute Gasteiger partial charge is 0.237 e. The number of fused-ring (bicyclic) bond motifs is 1. The molecule has 0 saturated heterocycles. The maximum absolute atomic E-state index is 5.38. The standard InChI is InChI=1S/C14H21N3OS/c1-10(11-5-3-4-6-11)15-9-12-13(18-2)16-14-17(12)7-8-19-14/h7-8,10-11,15H,3-6,9H2,1-2H3/t10-/m0/s1. The normalized spacial score (nSPS) is 18.2. The first kappa shape index (κ1) is 12.9.